The second kappa shape index (κ2) is 4.08. The summed E-state index contributed by atoms with van der Waals surface area (Å²) in [5, 5.41) is 3.67. The molecule has 0 fully saturated rings. The van der Waals surface area contributed by atoms with E-state index in [-0.39, 0.29) is 0 Å². The molecule has 12 heavy (non-hydrogen) atoms. The highest BCUT2D eigenvalue weighted by Gasteiger charge is 2.20. The average Bonchev–Trinajstić information content (AvgIpc) is 2.04. The Balaban J connectivity index is 2.51. The van der Waals surface area contributed by atoms with Crippen LogP contribution in [0.4, 0.5) is 0 Å². The molecule has 1 heterocycles. The first-order chi connectivity index (χ1) is 5.61. The van der Waals surface area contributed by atoms with Crippen LogP contribution < -0.4 is 5.32 Å². The minimum absolute atomic E-state index is 0.589. The van der Waals surface area contributed by atoms with Crippen LogP contribution in [-0.4, -0.2) is 12.1 Å². The van der Waals surface area contributed by atoms with Gasteiger partial charge in [0.15, 0.2) is 0 Å². The van der Waals surface area contributed by atoms with Crippen molar-refractivity contribution in [2.45, 2.75) is 46.2 Å². The Morgan fingerprint density at radius 2 is 1.83 bits per heavy atom. The van der Waals surface area contributed by atoms with Gasteiger partial charge < -0.3 is 5.32 Å². The zero-order valence-corrected chi connectivity index (χ0v) is 8.67. The fourth-order valence-corrected chi connectivity index (χ4v) is 1.62. The van der Waals surface area contributed by atoms with Crippen molar-refractivity contribution >= 4 is 0 Å². The Kier molecular flexibility index (Phi) is 3.33. The van der Waals surface area contributed by atoms with Crippen LogP contribution in [0.5, 0.6) is 0 Å². The molecule has 70 valence electrons. The molecule has 1 rings (SSSR count). The van der Waals surface area contributed by atoms with Gasteiger partial charge in [-0.25, -0.2) is 0 Å². The van der Waals surface area contributed by atoms with E-state index < -0.39 is 0 Å². The molecule has 2 atom stereocenters. The van der Waals surface area contributed by atoms with Crippen molar-refractivity contribution in [3.8, 4) is 0 Å². The molecular weight excluding hydrogens is 146 g/mol. The quantitative estimate of drug-likeness (QED) is 0.623. The van der Waals surface area contributed by atoms with E-state index in [1.54, 1.807) is 0 Å². The highest BCUT2D eigenvalue weighted by molar-refractivity contribution is 5.03. The summed E-state index contributed by atoms with van der Waals surface area (Å²) in [5.74, 6) is 1.46. The number of nitrogens with one attached hydrogen (secondary N) is 1. The van der Waals surface area contributed by atoms with Crippen molar-refractivity contribution in [1.82, 2.24) is 5.32 Å². The van der Waals surface area contributed by atoms with E-state index >= 15 is 0 Å². The van der Waals surface area contributed by atoms with Gasteiger partial charge in [-0.15, -0.1) is 0 Å². The standard InChI is InChI=1S/C11H21N/c1-8(2)10-6-5-7-11(12-10)9(3)4/h5-6,8-12H,7H2,1-4H3. The first kappa shape index (κ1) is 9.79. The Bertz CT molecular complexity index is 158. The van der Waals surface area contributed by atoms with Crippen molar-refractivity contribution in [2.24, 2.45) is 11.8 Å². The third kappa shape index (κ3) is 2.34. The monoisotopic (exact) mass is 167 g/mol. The van der Waals surface area contributed by atoms with Crippen LogP contribution in [-0.2, 0) is 0 Å². The normalized spacial score (nSPS) is 30.2. The maximum atomic E-state index is 3.67. The zero-order valence-electron chi connectivity index (χ0n) is 8.67. The molecule has 0 radical (unpaired) electrons. The summed E-state index contributed by atoms with van der Waals surface area (Å²) in [7, 11) is 0. The van der Waals surface area contributed by atoms with Crippen LogP contribution in [0.15, 0.2) is 12.2 Å². The Morgan fingerprint density at radius 1 is 1.17 bits per heavy atom. The van der Waals surface area contributed by atoms with Gasteiger partial charge in [0.05, 0.1) is 0 Å². The minimum atomic E-state index is 0.589. The van der Waals surface area contributed by atoms with Gasteiger partial charge in [0.1, 0.15) is 0 Å². The molecule has 0 amide bonds. The molecular formula is C11H21N. The lowest BCUT2D eigenvalue weighted by Gasteiger charge is -2.31. The average molecular weight is 167 g/mol. The van der Waals surface area contributed by atoms with Crippen molar-refractivity contribution in [1.29, 1.82) is 0 Å². The van der Waals surface area contributed by atoms with Gasteiger partial charge in [0.2, 0.25) is 0 Å². The van der Waals surface area contributed by atoms with Gasteiger partial charge in [0.25, 0.3) is 0 Å². The third-order valence-electron chi connectivity index (χ3n) is 2.66. The summed E-state index contributed by atoms with van der Waals surface area (Å²) >= 11 is 0. The van der Waals surface area contributed by atoms with E-state index in [1.165, 1.54) is 6.42 Å². The lowest BCUT2D eigenvalue weighted by molar-refractivity contribution is 0.325. The Hall–Kier alpha value is -0.300. The van der Waals surface area contributed by atoms with Crippen molar-refractivity contribution < 1.29 is 0 Å². The fraction of sp³-hybridized carbons (Fsp3) is 0.818. The van der Waals surface area contributed by atoms with E-state index in [4.69, 9.17) is 0 Å². The third-order valence-corrected chi connectivity index (χ3v) is 2.66. The topological polar surface area (TPSA) is 12.0 Å². The van der Waals surface area contributed by atoms with E-state index in [0.717, 1.165) is 5.92 Å². The second-order valence-corrected chi connectivity index (χ2v) is 4.45. The van der Waals surface area contributed by atoms with Crippen molar-refractivity contribution in [3.63, 3.8) is 0 Å². The van der Waals surface area contributed by atoms with E-state index in [9.17, 15) is 0 Å². The lowest BCUT2D eigenvalue weighted by Crippen LogP contribution is -2.45. The Morgan fingerprint density at radius 3 is 2.33 bits per heavy atom. The summed E-state index contributed by atoms with van der Waals surface area (Å²) < 4.78 is 0. The minimum Gasteiger partial charge on any atom is -0.307 e. The van der Waals surface area contributed by atoms with Gasteiger partial charge in [-0.2, -0.15) is 0 Å². The fourth-order valence-electron chi connectivity index (χ4n) is 1.62. The number of hydrogen-bond donors (Lipinski definition) is 1. The molecule has 0 aromatic heterocycles. The Labute approximate surface area is 76.2 Å². The summed E-state index contributed by atoms with van der Waals surface area (Å²) in [5.41, 5.74) is 0. The molecule has 1 heteroatoms. The zero-order chi connectivity index (χ0) is 9.14. The van der Waals surface area contributed by atoms with Crippen LogP contribution >= 0.6 is 0 Å². The lowest BCUT2D eigenvalue weighted by atomic mass is 9.92. The van der Waals surface area contributed by atoms with Gasteiger partial charge in [-0.05, 0) is 18.3 Å². The van der Waals surface area contributed by atoms with E-state index in [2.05, 4.69) is 45.2 Å². The first-order valence-electron chi connectivity index (χ1n) is 5.04. The molecule has 1 aliphatic rings. The van der Waals surface area contributed by atoms with Crippen LogP contribution in [0.3, 0.4) is 0 Å². The molecule has 0 bridgehead atoms. The number of hydrogen-bond acceptors (Lipinski definition) is 1. The van der Waals surface area contributed by atoms with Gasteiger partial charge in [-0.3, -0.25) is 0 Å². The maximum Gasteiger partial charge on any atom is 0.0275 e. The summed E-state index contributed by atoms with van der Waals surface area (Å²) in [6.07, 6.45) is 5.83. The van der Waals surface area contributed by atoms with Gasteiger partial charge in [0, 0.05) is 12.1 Å². The molecule has 1 aliphatic heterocycles. The van der Waals surface area contributed by atoms with Crippen molar-refractivity contribution in [3.05, 3.63) is 12.2 Å². The van der Waals surface area contributed by atoms with Crippen LogP contribution in [0.25, 0.3) is 0 Å². The van der Waals surface area contributed by atoms with Gasteiger partial charge >= 0.3 is 0 Å². The van der Waals surface area contributed by atoms with Crippen LogP contribution in [0, 0.1) is 11.8 Å². The van der Waals surface area contributed by atoms with Crippen LogP contribution in [0.2, 0.25) is 0 Å². The molecule has 1 nitrogen and oxygen atoms in total. The first-order valence-corrected chi connectivity index (χ1v) is 5.04. The molecule has 0 aromatic rings. The van der Waals surface area contributed by atoms with Crippen LogP contribution in [0.1, 0.15) is 34.1 Å². The molecule has 2 unspecified atom stereocenters. The maximum absolute atomic E-state index is 3.67. The second-order valence-electron chi connectivity index (χ2n) is 4.45. The van der Waals surface area contributed by atoms with E-state index in [0.29, 0.717) is 18.0 Å². The smallest absolute Gasteiger partial charge is 0.0275 e. The number of rotatable bonds is 2. The molecule has 0 spiro atoms. The van der Waals surface area contributed by atoms with E-state index in [1.807, 2.05) is 0 Å². The predicted octanol–water partition coefficient (Wildman–Crippen LogP) is 2.59. The van der Waals surface area contributed by atoms with Crippen molar-refractivity contribution in [2.75, 3.05) is 0 Å². The molecule has 0 saturated heterocycles. The summed E-state index contributed by atoms with van der Waals surface area (Å²) in [6, 6.07) is 1.27. The highest BCUT2D eigenvalue weighted by Crippen LogP contribution is 2.16. The largest absolute Gasteiger partial charge is 0.307 e. The molecule has 1 N–H and O–H groups in total. The van der Waals surface area contributed by atoms with Gasteiger partial charge in [-0.1, -0.05) is 39.8 Å². The highest BCUT2D eigenvalue weighted by atomic mass is 15.0. The summed E-state index contributed by atoms with van der Waals surface area (Å²) in [6.45, 7) is 9.11. The molecule has 0 aliphatic carbocycles. The summed E-state index contributed by atoms with van der Waals surface area (Å²) in [4.78, 5) is 0. The molecule has 0 saturated carbocycles. The predicted molar refractivity (Wildman–Crippen MR) is 54.1 cm³/mol. The SMILES string of the molecule is CC(C)C1C=CCC(C(C)C)N1. The molecule has 0 aromatic carbocycles.